The lowest BCUT2D eigenvalue weighted by Gasteiger charge is -2.09. The number of aryl methyl sites for hydroxylation is 2. The summed E-state index contributed by atoms with van der Waals surface area (Å²) in [7, 11) is 2.11. The van der Waals surface area contributed by atoms with Crippen molar-refractivity contribution in [3.8, 4) is 11.3 Å². The Bertz CT molecular complexity index is 1060. The lowest BCUT2D eigenvalue weighted by molar-refractivity contribution is -0.660. The zero-order valence-electron chi connectivity index (χ0n) is 14.6. The van der Waals surface area contributed by atoms with Gasteiger partial charge in [-0.2, -0.15) is 0 Å². The maximum absolute atomic E-state index is 4.74. The van der Waals surface area contributed by atoms with Crippen LogP contribution in [0.3, 0.4) is 0 Å². The second-order valence-electron chi connectivity index (χ2n) is 6.81. The molecule has 0 aliphatic rings. The first-order chi connectivity index (χ1) is 11.5. The highest BCUT2D eigenvalue weighted by atomic mass is 15.0. The van der Waals surface area contributed by atoms with Gasteiger partial charge >= 0.3 is 0 Å². The molecule has 0 atom stereocenters. The van der Waals surface area contributed by atoms with Crippen LogP contribution in [0, 0.1) is 6.92 Å². The lowest BCUT2D eigenvalue weighted by atomic mass is 9.98. The highest BCUT2D eigenvalue weighted by Crippen LogP contribution is 2.28. The molecule has 3 aromatic heterocycles. The summed E-state index contributed by atoms with van der Waals surface area (Å²) in [5, 5.41) is 0. The maximum atomic E-state index is 4.74. The smallest absolute Gasteiger partial charge is 0.212 e. The van der Waals surface area contributed by atoms with Crippen LogP contribution in [-0.2, 0) is 7.05 Å². The minimum absolute atomic E-state index is 0.518. The third-order valence-corrected chi connectivity index (χ3v) is 4.77. The summed E-state index contributed by atoms with van der Waals surface area (Å²) in [5.74, 6) is 0.518. The average molecular weight is 316 g/mol. The summed E-state index contributed by atoms with van der Waals surface area (Å²) in [5.41, 5.74) is 8.31. The van der Waals surface area contributed by atoms with Gasteiger partial charge in [-0.25, -0.2) is 9.55 Å². The van der Waals surface area contributed by atoms with Crippen LogP contribution in [0.4, 0.5) is 0 Å². The molecule has 3 heterocycles. The van der Waals surface area contributed by atoms with Crippen molar-refractivity contribution in [1.29, 1.82) is 0 Å². The minimum Gasteiger partial charge on any atom is -0.300 e. The van der Waals surface area contributed by atoms with E-state index in [0.29, 0.717) is 5.92 Å². The summed E-state index contributed by atoms with van der Waals surface area (Å²) >= 11 is 0. The molecule has 0 amide bonds. The number of aromatic nitrogens is 3. The van der Waals surface area contributed by atoms with Gasteiger partial charge in [0.2, 0.25) is 5.69 Å². The predicted molar refractivity (Wildman–Crippen MR) is 98.1 cm³/mol. The predicted octanol–water partition coefficient (Wildman–Crippen LogP) is 4.41. The third-order valence-electron chi connectivity index (χ3n) is 4.77. The van der Waals surface area contributed by atoms with Crippen LogP contribution in [0.25, 0.3) is 27.9 Å². The molecule has 0 unspecified atom stereocenters. The zero-order valence-corrected chi connectivity index (χ0v) is 14.6. The molecule has 0 aliphatic carbocycles. The van der Waals surface area contributed by atoms with Crippen molar-refractivity contribution in [2.24, 2.45) is 7.05 Å². The molecule has 0 N–H and O–H groups in total. The van der Waals surface area contributed by atoms with E-state index in [4.69, 9.17) is 4.98 Å². The fourth-order valence-electron chi connectivity index (χ4n) is 3.30. The molecular formula is C21H22N3+. The minimum atomic E-state index is 0.518. The molecule has 0 fully saturated rings. The number of nitrogens with zero attached hydrogens (tertiary/aromatic N) is 3. The zero-order chi connectivity index (χ0) is 16.8. The summed E-state index contributed by atoms with van der Waals surface area (Å²) in [6.45, 7) is 6.64. The summed E-state index contributed by atoms with van der Waals surface area (Å²) < 4.78 is 4.36. The number of benzene rings is 1. The number of hydrogen-bond donors (Lipinski definition) is 0. The van der Waals surface area contributed by atoms with Gasteiger partial charge in [-0.3, -0.25) is 4.40 Å². The molecule has 0 spiro atoms. The molecule has 3 heteroatoms. The highest BCUT2D eigenvalue weighted by Gasteiger charge is 2.17. The van der Waals surface area contributed by atoms with Gasteiger partial charge in [-0.05, 0) is 48.2 Å². The number of pyridine rings is 2. The molecule has 0 bridgehead atoms. The van der Waals surface area contributed by atoms with Crippen LogP contribution >= 0.6 is 0 Å². The summed E-state index contributed by atoms with van der Waals surface area (Å²) in [6.07, 6.45) is 4.23. The van der Waals surface area contributed by atoms with E-state index in [1.54, 1.807) is 0 Å². The van der Waals surface area contributed by atoms with Gasteiger partial charge < -0.3 is 0 Å². The number of fused-ring (bicyclic) bond motifs is 3. The molecular weight excluding hydrogens is 294 g/mol. The highest BCUT2D eigenvalue weighted by molar-refractivity contribution is 5.86. The van der Waals surface area contributed by atoms with Crippen molar-refractivity contribution < 1.29 is 4.57 Å². The van der Waals surface area contributed by atoms with E-state index in [1.807, 2.05) is 18.2 Å². The van der Waals surface area contributed by atoms with Gasteiger partial charge in [0.05, 0.1) is 16.6 Å². The normalized spacial score (nSPS) is 11.7. The Balaban J connectivity index is 2.01. The van der Waals surface area contributed by atoms with Crippen molar-refractivity contribution >= 4 is 16.7 Å². The first kappa shape index (κ1) is 14.9. The first-order valence-electron chi connectivity index (χ1n) is 8.42. The summed E-state index contributed by atoms with van der Waals surface area (Å²) in [6, 6.07) is 15.1. The first-order valence-corrected chi connectivity index (χ1v) is 8.42. The van der Waals surface area contributed by atoms with Crippen molar-refractivity contribution in [1.82, 2.24) is 9.38 Å². The SMILES string of the molecule is Cc1cc2nc3ccccn3c2cc1-c1cc(C(C)C)cc[n+]1C. The van der Waals surface area contributed by atoms with Crippen molar-refractivity contribution in [2.75, 3.05) is 0 Å². The Labute approximate surface area is 142 Å². The van der Waals surface area contributed by atoms with E-state index in [2.05, 4.69) is 73.4 Å². The topological polar surface area (TPSA) is 21.2 Å². The van der Waals surface area contributed by atoms with Crippen LogP contribution in [0.1, 0.15) is 30.9 Å². The monoisotopic (exact) mass is 316 g/mol. The van der Waals surface area contributed by atoms with Crippen LogP contribution in [0.2, 0.25) is 0 Å². The van der Waals surface area contributed by atoms with Gasteiger partial charge in [0.1, 0.15) is 12.7 Å². The molecule has 24 heavy (non-hydrogen) atoms. The van der Waals surface area contributed by atoms with E-state index in [0.717, 1.165) is 16.7 Å². The van der Waals surface area contributed by atoms with Crippen LogP contribution in [0.5, 0.6) is 0 Å². The fraction of sp³-hybridized carbons (Fsp3) is 0.238. The Morgan fingerprint density at radius 1 is 1.08 bits per heavy atom. The number of rotatable bonds is 2. The molecule has 0 aliphatic heterocycles. The van der Waals surface area contributed by atoms with Crippen LogP contribution < -0.4 is 4.57 Å². The molecule has 4 aromatic rings. The molecule has 120 valence electrons. The van der Waals surface area contributed by atoms with Crippen LogP contribution in [0.15, 0.2) is 54.9 Å². The number of imidazole rings is 1. The number of hydrogen-bond acceptors (Lipinski definition) is 1. The summed E-state index contributed by atoms with van der Waals surface area (Å²) in [4.78, 5) is 4.74. The Kier molecular flexibility index (Phi) is 3.38. The van der Waals surface area contributed by atoms with Gasteiger partial charge in [0, 0.05) is 18.3 Å². The van der Waals surface area contributed by atoms with E-state index >= 15 is 0 Å². The Morgan fingerprint density at radius 2 is 1.92 bits per heavy atom. The molecule has 3 nitrogen and oxygen atoms in total. The maximum Gasteiger partial charge on any atom is 0.212 e. The largest absolute Gasteiger partial charge is 0.300 e. The van der Waals surface area contributed by atoms with Gasteiger partial charge in [0.15, 0.2) is 6.20 Å². The van der Waals surface area contributed by atoms with Crippen molar-refractivity contribution in [2.45, 2.75) is 26.7 Å². The lowest BCUT2D eigenvalue weighted by Crippen LogP contribution is -2.30. The third kappa shape index (κ3) is 2.28. The van der Waals surface area contributed by atoms with E-state index in [9.17, 15) is 0 Å². The molecule has 4 rings (SSSR count). The Morgan fingerprint density at radius 3 is 2.71 bits per heavy atom. The Hall–Kier alpha value is -2.68. The second kappa shape index (κ2) is 5.45. The standard InChI is InChI=1S/C21H22N3/c1-14(2)16-8-10-23(4)19(12-16)17-13-20-18(11-15(17)3)22-21-7-5-6-9-24(20)21/h5-14H,1-4H3/q+1. The van der Waals surface area contributed by atoms with E-state index < -0.39 is 0 Å². The fourth-order valence-corrected chi connectivity index (χ4v) is 3.30. The van der Waals surface area contributed by atoms with Crippen molar-refractivity contribution in [3.05, 3.63) is 66.0 Å². The molecule has 0 saturated carbocycles. The van der Waals surface area contributed by atoms with Crippen LogP contribution in [-0.4, -0.2) is 9.38 Å². The van der Waals surface area contributed by atoms with Crippen molar-refractivity contribution in [3.63, 3.8) is 0 Å². The second-order valence-corrected chi connectivity index (χ2v) is 6.81. The molecule has 0 radical (unpaired) electrons. The van der Waals surface area contributed by atoms with Gasteiger partial charge in [-0.1, -0.05) is 19.9 Å². The van der Waals surface area contributed by atoms with Gasteiger partial charge in [-0.15, -0.1) is 0 Å². The van der Waals surface area contributed by atoms with E-state index in [-0.39, 0.29) is 0 Å². The molecule has 0 saturated heterocycles. The quantitative estimate of drug-likeness (QED) is 0.502. The molecule has 1 aromatic carbocycles. The van der Waals surface area contributed by atoms with E-state index in [1.165, 1.54) is 22.4 Å². The van der Waals surface area contributed by atoms with Gasteiger partial charge in [0.25, 0.3) is 0 Å². The average Bonchev–Trinajstić information content (AvgIpc) is 2.91.